The van der Waals surface area contributed by atoms with Crippen LogP contribution in [0, 0.1) is 0 Å². The van der Waals surface area contributed by atoms with Gasteiger partial charge in [-0.2, -0.15) is 0 Å². The van der Waals surface area contributed by atoms with Gasteiger partial charge >= 0.3 is 11.7 Å². The molecule has 0 radical (unpaired) electrons. The van der Waals surface area contributed by atoms with E-state index >= 15 is 0 Å². The summed E-state index contributed by atoms with van der Waals surface area (Å²) in [6.07, 6.45) is 1.49. The molecule has 144 valence electrons. The molecule has 0 saturated carbocycles. The normalized spacial score (nSPS) is 10.8. The predicted octanol–water partition coefficient (Wildman–Crippen LogP) is 3.35. The van der Waals surface area contributed by atoms with Crippen LogP contribution in [0.3, 0.4) is 0 Å². The number of fused-ring (bicyclic) bond motifs is 1. The molecule has 4 aromatic rings. The number of para-hydroxylation sites is 1. The van der Waals surface area contributed by atoms with E-state index in [9.17, 15) is 9.59 Å². The lowest BCUT2D eigenvalue weighted by Crippen LogP contribution is -2.39. The largest absolute Gasteiger partial charge is 0.461 e. The van der Waals surface area contributed by atoms with Crippen molar-refractivity contribution in [3.63, 3.8) is 0 Å². The molecule has 2 aromatic carbocycles. The van der Waals surface area contributed by atoms with Crippen LogP contribution in [0.4, 0.5) is 0 Å². The van der Waals surface area contributed by atoms with Crippen molar-refractivity contribution in [1.29, 1.82) is 0 Å². The zero-order valence-corrected chi connectivity index (χ0v) is 16.2. The summed E-state index contributed by atoms with van der Waals surface area (Å²) >= 11 is 0. The van der Waals surface area contributed by atoms with Crippen molar-refractivity contribution in [2.75, 3.05) is 7.11 Å². The Hall–Kier alpha value is -3.80. The Bertz CT molecular complexity index is 1200. The topological polar surface area (TPSA) is 65.1 Å². The third kappa shape index (κ3) is 3.40. The maximum absolute atomic E-state index is 12.4. The van der Waals surface area contributed by atoms with Crippen LogP contribution in [0.2, 0.25) is 0 Å². The Morgan fingerprint density at radius 3 is 2.31 bits per heavy atom. The maximum atomic E-state index is 12.4. The summed E-state index contributed by atoms with van der Waals surface area (Å²) in [5.74, 6) is -0.568. The number of ether oxygens (including phenoxy) is 1. The quantitative estimate of drug-likeness (QED) is 0.300. The van der Waals surface area contributed by atoms with Crippen LogP contribution < -0.4 is 4.57 Å². The molecule has 0 aliphatic heterocycles. The molecule has 0 spiro atoms. The standard InChI is InChI=1S/C23H20N3O3/c1-16(27)19-13-20-22(25(19)15-17-9-5-3-6-10-17)24-14-21(23(28)29-2)26(20)18-11-7-4-8-12-18/h3-14H,15H2,1-2H3/q+1. The van der Waals surface area contributed by atoms with Gasteiger partial charge in [0.1, 0.15) is 6.20 Å². The summed E-state index contributed by atoms with van der Waals surface area (Å²) in [6.45, 7) is 2.03. The number of ketones is 1. The molecule has 6 nitrogen and oxygen atoms in total. The molecule has 6 heteroatoms. The first-order chi connectivity index (χ1) is 14.1. The average Bonchev–Trinajstić information content (AvgIpc) is 3.12. The zero-order chi connectivity index (χ0) is 20.4. The van der Waals surface area contributed by atoms with Crippen LogP contribution >= 0.6 is 0 Å². The highest BCUT2D eigenvalue weighted by atomic mass is 16.5. The minimum absolute atomic E-state index is 0.0711. The molecule has 29 heavy (non-hydrogen) atoms. The third-order valence-electron chi connectivity index (χ3n) is 4.79. The fourth-order valence-electron chi connectivity index (χ4n) is 3.46. The Morgan fingerprint density at radius 1 is 1.03 bits per heavy atom. The molecule has 2 aromatic heterocycles. The number of carbonyl (C=O) groups is 2. The lowest BCUT2D eigenvalue weighted by molar-refractivity contribution is -0.571. The van der Waals surface area contributed by atoms with Crippen LogP contribution in [0.15, 0.2) is 72.9 Å². The summed E-state index contributed by atoms with van der Waals surface area (Å²) < 4.78 is 8.62. The number of aromatic nitrogens is 3. The van der Waals surface area contributed by atoms with Gasteiger partial charge in [-0.1, -0.05) is 48.5 Å². The van der Waals surface area contributed by atoms with Crippen LogP contribution in [-0.2, 0) is 11.3 Å². The number of hydrogen-bond donors (Lipinski definition) is 0. The molecule has 0 bridgehead atoms. The van der Waals surface area contributed by atoms with Crippen molar-refractivity contribution in [2.45, 2.75) is 13.5 Å². The van der Waals surface area contributed by atoms with E-state index in [1.54, 1.807) is 10.6 Å². The van der Waals surface area contributed by atoms with E-state index in [1.165, 1.54) is 20.2 Å². The number of Topliss-reactive ketones (excluding diaryl/α,β-unsaturated/α-hetero) is 1. The molecular formula is C23H20N3O3+. The van der Waals surface area contributed by atoms with E-state index in [4.69, 9.17) is 4.74 Å². The van der Waals surface area contributed by atoms with E-state index in [1.807, 2.05) is 65.2 Å². The highest BCUT2D eigenvalue weighted by molar-refractivity contribution is 5.97. The number of carbonyl (C=O) groups excluding carboxylic acids is 2. The van der Waals surface area contributed by atoms with Gasteiger partial charge < -0.3 is 9.30 Å². The van der Waals surface area contributed by atoms with Crippen molar-refractivity contribution in [3.05, 3.63) is 89.9 Å². The number of benzene rings is 2. The highest BCUT2D eigenvalue weighted by Gasteiger charge is 2.30. The summed E-state index contributed by atoms with van der Waals surface area (Å²) in [7, 11) is 1.34. The van der Waals surface area contributed by atoms with Gasteiger partial charge in [-0.3, -0.25) is 4.79 Å². The predicted molar refractivity (Wildman–Crippen MR) is 108 cm³/mol. The molecular weight excluding hydrogens is 366 g/mol. The smallest absolute Gasteiger partial charge is 0.405 e. The number of nitrogens with zero attached hydrogens (tertiary/aromatic N) is 3. The van der Waals surface area contributed by atoms with Crippen LogP contribution in [0.1, 0.15) is 33.5 Å². The van der Waals surface area contributed by atoms with Crippen LogP contribution in [-0.4, -0.2) is 28.4 Å². The lowest BCUT2D eigenvalue weighted by Gasteiger charge is -2.08. The van der Waals surface area contributed by atoms with Gasteiger partial charge in [0, 0.05) is 31.7 Å². The van der Waals surface area contributed by atoms with Crippen molar-refractivity contribution >= 4 is 22.9 Å². The Morgan fingerprint density at radius 2 is 1.69 bits per heavy atom. The van der Waals surface area contributed by atoms with Gasteiger partial charge in [-0.25, -0.2) is 9.78 Å². The van der Waals surface area contributed by atoms with Crippen molar-refractivity contribution in [2.24, 2.45) is 0 Å². The third-order valence-corrected chi connectivity index (χ3v) is 4.79. The molecule has 0 atom stereocenters. The summed E-state index contributed by atoms with van der Waals surface area (Å²) in [5.41, 5.74) is 3.95. The second-order valence-electron chi connectivity index (χ2n) is 6.67. The summed E-state index contributed by atoms with van der Waals surface area (Å²) in [4.78, 5) is 29.3. The molecule has 4 rings (SSSR count). The fraction of sp³-hybridized carbons (Fsp3) is 0.130. The molecule has 0 saturated heterocycles. The molecule has 2 heterocycles. The summed E-state index contributed by atoms with van der Waals surface area (Å²) in [5, 5.41) is 0. The van der Waals surface area contributed by atoms with Crippen LogP contribution in [0.5, 0.6) is 0 Å². The summed E-state index contributed by atoms with van der Waals surface area (Å²) in [6, 6.07) is 21.1. The molecule has 0 N–H and O–H groups in total. The number of esters is 1. The number of hydrogen-bond acceptors (Lipinski definition) is 4. The first-order valence-corrected chi connectivity index (χ1v) is 9.23. The first-order valence-electron chi connectivity index (χ1n) is 9.23. The maximum Gasteiger partial charge on any atom is 0.405 e. The van der Waals surface area contributed by atoms with Crippen molar-refractivity contribution in [3.8, 4) is 5.69 Å². The molecule has 0 aliphatic carbocycles. The molecule has 0 fully saturated rings. The van der Waals surface area contributed by atoms with Crippen LogP contribution in [0.25, 0.3) is 16.9 Å². The Balaban J connectivity index is 2.02. The molecule has 0 aliphatic rings. The first kappa shape index (κ1) is 18.6. The fourth-order valence-corrected chi connectivity index (χ4v) is 3.46. The molecule has 0 unspecified atom stereocenters. The second-order valence-corrected chi connectivity index (χ2v) is 6.67. The van der Waals surface area contributed by atoms with Gasteiger partial charge in [-0.15, -0.1) is 4.57 Å². The Labute approximate surface area is 168 Å². The van der Waals surface area contributed by atoms with Crippen molar-refractivity contribution in [1.82, 2.24) is 9.55 Å². The zero-order valence-electron chi connectivity index (χ0n) is 16.2. The van der Waals surface area contributed by atoms with E-state index in [-0.39, 0.29) is 11.5 Å². The minimum Gasteiger partial charge on any atom is -0.461 e. The van der Waals surface area contributed by atoms with E-state index in [0.717, 1.165) is 11.3 Å². The monoisotopic (exact) mass is 386 g/mol. The van der Waals surface area contributed by atoms with Gasteiger partial charge in [0.05, 0.1) is 12.8 Å². The van der Waals surface area contributed by atoms with E-state index in [2.05, 4.69) is 4.98 Å². The number of methoxy groups -OCH3 is 1. The van der Waals surface area contributed by atoms with Gasteiger partial charge in [-0.05, 0) is 5.56 Å². The Kier molecular flexibility index (Phi) is 4.91. The van der Waals surface area contributed by atoms with Crippen molar-refractivity contribution < 1.29 is 18.9 Å². The van der Waals surface area contributed by atoms with Gasteiger partial charge in [0.15, 0.2) is 5.78 Å². The number of rotatable bonds is 5. The second kappa shape index (κ2) is 7.67. The molecule has 0 amide bonds. The van der Waals surface area contributed by atoms with E-state index in [0.29, 0.717) is 23.4 Å². The highest BCUT2D eigenvalue weighted by Crippen LogP contribution is 2.20. The average molecular weight is 386 g/mol. The SMILES string of the molecule is COC(=O)c1cnc2c(cc(C(C)=O)n2Cc2ccccc2)[n+]1-c1ccccc1. The minimum atomic E-state index is -0.497. The van der Waals surface area contributed by atoms with Gasteiger partial charge in [0.2, 0.25) is 11.3 Å². The van der Waals surface area contributed by atoms with E-state index < -0.39 is 5.97 Å². The van der Waals surface area contributed by atoms with Gasteiger partial charge in [0.25, 0.3) is 5.52 Å². The lowest BCUT2D eigenvalue weighted by atomic mass is 10.2.